The Kier molecular flexibility index (Phi) is 5.21. The molecule has 1 rings (SSSR count). The lowest BCUT2D eigenvalue weighted by atomic mass is 9.75. The summed E-state index contributed by atoms with van der Waals surface area (Å²) in [4.78, 5) is 10.1. The summed E-state index contributed by atoms with van der Waals surface area (Å²) in [5.41, 5.74) is -0.500. The van der Waals surface area contributed by atoms with Crippen LogP contribution < -0.4 is 0 Å². The second-order valence-electron chi connectivity index (χ2n) is 4.34. The number of hydrogen-bond acceptors (Lipinski definition) is 5. The number of non-ortho nitro benzene ring substituents is 1. The van der Waals surface area contributed by atoms with E-state index in [-0.39, 0.29) is 12.1 Å². The van der Waals surface area contributed by atoms with Gasteiger partial charge in [-0.25, -0.2) is 0 Å². The molecule has 1 atom stereocenters. The Bertz CT molecular complexity index is 604. The van der Waals surface area contributed by atoms with Crippen LogP contribution in [0.2, 0.25) is 0 Å². The molecule has 0 fully saturated rings. The molecule has 0 aliphatic carbocycles. The van der Waals surface area contributed by atoms with Crippen molar-refractivity contribution in [3.63, 3.8) is 0 Å². The second-order valence-corrected chi connectivity index (χ2v) is 4.34. The predicted molar refractivity (Wildman–Crippen MR) is 70.1 cm³/mol. The Morgan fingerprint density at radius 3 is 2.25 bits per heavy atom. The minimum atomic E-state index is -1.01. The van der Waals surface area contributed by atoms with Crippen LogP contribution in [0.25, 0.3) is 0 Å². The van der Waals surface area contributed by atoms with Crippen LogP contribution in [0, 0.1) is 44.1 Å². The molecule has 0 aromatic heterocycles. The van der Waals surface area contributed by atoms with Crippen molar-refractivity contribution in [1.29, 1.82) is 15.8 Å². The van der Waals surface area contributed by atoms with Crippen molar-refractivity contribution in [3.8, 4) is 18.2 Å². The molecule has 0 saturated carbocycles. The lowest BCUT2D eigenvalue weighted by Gasteiger charge is -2.23. The van der Waals surface area contributed by atoms with Gasteiger partial charge in [0.15, 0.2) is 0 Å². The summed E-state index contributed by atoms with van der Waals surface area (Å²) < 4.78 is 0. The normalized spacial score (nSPS) is 12.4. The first kappa shape index (κ1) is 15.1. The van der Waals surface area contributed by atoms with Crippen LogP contribution >= 0.6 is 0 Å². The van der Waals surface area contributed by atoms with E-state index in [4.69, 9.17) is 10.5 Å². The summed E-state index contributed by atoms with van der Waals surface area (Å²) >= 11 is 0. The third-order valence-electron chi connectivity index (χ3n) is 3.12. The number of nitro groups is 1. The summed E-state index contributed by atoms with van der Waals surface area (Å²) in [5.74, 6) is 0. The number of hydrogen-bond donors (Lipinski definition) is 0. The van der Waals surface area contributed by atoms with Crippen molar-refractivity contribution in [2.75, 3.05) is 0 Å². The summed E-state index contributed by atoms with van der Waals surface area (Å²) in [7, 11) is 0. The molecule has 20 heavy (non-hydrogen) atoms. The van der Waals surface area contributed by atoms with Crippen molar-refractivity contribution in [3.05, 3.63) is 39.9 Å². The monoisotopic (exact) mass is 268 g/mol. The number of nitriles is 3. The predicted octanol–water partition coefficient (Wildman–Crippen LogP) is 2.96. The average Bonchev–Trinajstić information content (AvgIpc) is 2.46. The summed E-state index contributed by atoms with van der Waals surface area (Å²) in [6.07, 6.45) is 1.18. The van der Waals surface area contributed by atoms with Gasteiger partial charge in [0.2, 0.25) is 0 Å². The van der Waals surface area contributed by atoms with Crippen molar-refractivity contribution >= 4 is 5.69 Å². The summed E-state index contributed by atoms with van der Waals surface area (Å²) in [6.45, 7) is 0. The molecule has 0 saturated heterocycles. The van der Waals surface area contributed by atoms with E-state index in [0.29, 0.717) is 24.8 Å². The second kappa shape index (κ2) is 6.87. The van der Waals surface area contributed by atoms with E-state index in [1.165, 1.54) is 24.3 Å². The highest BCUT2D eigenvalue weighted by Crippen LogP contribution is 2.33. The quantitative estimate of drug-likeness (QED) is 0.447. The molecule has 0 radical (unpaired) electrons. The van der Waals surface area contributed by atoms with Gasteiger partial charge >= 0.3 is 0 Å². The zero-order valence-electron chi connectivity index (χ0n) is 10.7. The molecule has 0 heterocycles. The maximum atomic E-state index is 10.6. The first-order chi connectivity index (χ1) is 9.59. The third-order valence-corrected chi connectivity index (χ3v) is 3.12. The van der Waals surface area contributed by atoms with Crippen LogP contribution in [0.1, 0.15) is 31.2 Å². The summed E-state index contributed by atoms with van der Waals surface area (Å²) in [5, 5.41) is 37.5. The number of nitro benzene ring substituents is 1. The van der Waals surface area contributed by atoms with E-state index in [1.807, 2.05) is 12.1 Å². The molecular formula is C14H12N4O2. The Balaban J connectivity index is 3.10. The topological polar surface area (TPSA) is 115 Å². The van der Waals surface area contributed by atoms with Gasteiger partial charge in [-0.15, -0.1) is 0 Å². The maximum Gasteiger partial charge on any atom is 0.269 e. The minimum absolute atomic E-state index is 0.00720. The molecule has 0 amide bonds. The first-order valence-electron chi connectivity index (χ1n) is 6.00. The molecule has 0 N–H and O–H groups in total. The Labute approximate surface area is 116 Å². The van der Waals surface area contributed by atoms with Gasteiger partial charge in [0.1, 0.15) is 0 Å². The van der Waals surface area contributed by atoms with Gasteiger partial charge in [-0.05, 0) is 18.4 Å². The zero-order chi connectivity index (χ0) is 15.0. The number of rotatable bonds is 6. The summed E-state index contributed by atoms with van der Waals surface area (Å²) in [6, 6.07) is 11.8. The molecule has 0 bridgehead atoms. The van der Waals surface area contributed by atoms with Crippen molar-refractivity contribution in [1.82, 2.24) is 0 Å². The molecule has 6 heteroatoms. The molecule has 1 aromatic rings. The average molecular weight is 268 g/mol. The molecular weight excluding hydrogens is 256 g/mol. The van der Waals surface area contributed by atoms with E-state index in [9.17, 15) is 15.4 Å². The number of benzene rings is 1. The van der Waals surface area contributed by atoms with E-state index < -0.39 is 10.3 Å². The standard InChI is InChI=1S/C14H12N4O2/c15-9-2-1-7-14(11-17,8-10-16)12-3-5-13(6-4-12)18(19)20/h3-6H,1-2,7-8H2. The van der Waals surface area contributed by atoms with Gasteiger partial charge in [0.05, 0.1) is 35.0 Å². The van der Waals surface area contributed by atoms with Crippen LogP contribution in [0.5, 0.6) is 0 Å². The highest BCUT2D eigenvalue weighted by molar-refractivity contribution is 5.40. The Hall–Kier alpha value is -2.91. The molecule has 0 aliphatic heterocycles. The SMILES string of the molecule is N#CCCCC(C#N)(CC#N)c1ccc([N+](=O)[O-])cc1. The highest BCUT2D eigenvalue weighted by Gasteiger charge is 2.32. The van der Waals surface area contributed by atoms with Gasteiger partial charge < -0.3 is 0 Å². The Morgan fingerprint density at radius 1 is 1.15 bits per heavy atom. The maximum absolute atomic E-state index is 10.6. The smallest absolute Gasteiger partial charge is 0.258 e. The highest BCUT2D eigenvalue weighted by atomic mass is 16.6. The van der Waals surface area contributed by atoms with Gasteiger partial charge in [0, 0.05) is 18.6 Å². The first-order valence-corrected chi connectivity index (χ1v) is 6.00. The van der Waals surface area contributed by atoms with E-state index >= 15 is 0 Å². The van der Waals surface area contributed by atoms with E-state index in [1.54, 1.807) is 0 Å². The van der Waals surface area contributed by atoms with Gasteiger partial charge in [-0.2, -0.15) is 15.8 Å². The molecule has 0 spiro atoms. The lowest BCUT2D eigenvalue weighted by molar-refractivity contribution is -0.384. The zero-order valence-corrected chi connectivity index (χ0v) is 10.7. The molecule has 1 aromatic carbocycles. The van der Waals surface area contributed by atoms with Gasteiger partial charge in [0.25, 0.3) is 5.69 Å². The van der Waals surface area contributed by atoms with Crippen molar-refractivity contribution < 1.29 is 4.92 Å². The molecule has 0 aliphatic rings. The lowest BCUT2D eigenvalue weighted by Crippen LogP contribution is -2.23. The molecule has 6 nitrogen and oxygen atoms in total. The number of nitrogens with zero attached hydrogens (tertiary/aromatic N) is 4. The van der Waals surface area contributed by atoms with Crippen LogP contribution in [-0.2, 0) is 5.41 Å². The minimum Gasteiger partial charge on any atom is -0.258 e. The third kappa shape index (κ3) is 3.31. The number of unbranched alkanes of at least 4 members (excludes halogenated alkanes) is 1. The fraction of sp³-hybridized carbons (Fsp3) is 0.357. The fourth-order valence-corrected chi connectivity index (χ4v) is 2.00. The van der Waals surface area contributed by atoms with Gasteiger partial charge in [-0.3, -0.25) is 10.1 Å². The van der Waals surface area contributed by atoms with E-state index in [0.717, 1.165) is 0 Å². The van der Waals surface area contributed by atoms with Crippen molar-refractivity contribution in [2.45, 2.75) is 31.1 Å². The van der Waals surface area contributed by atoms with Crippen molar-refractivity contribution in [2.24, 2.45) is 0 Å². The molecule has 1 unspecified atom stereocenters. The van der Waals surface area contributed by atoms with E-state index in [2.05, 4.69) is 6.07 Å². The Morgan fingerprint density at radius 2 is 1.80 bits per heavy atom. The molecule has 100 valence electrons. The van der Waals surface area contributed by atoms with Crippen LogP contribution in [0.4, 0.5) is 5.69 Å². The fourth-order valence-electron chi connectivity index (χ4n) is 2.00. The van der Waals surface area contributed by atoms with Gasteiger partial charge in [-0.1, -0.05) is 12.1 Å². The van der Waals surface area contributed by atoms with Crippen LogP contribution in [0.3, 0.4) is 0 Å². The largest absolute Gasteiger partial charge is 0.269 e. The van der Waals surface area contributed by atoms with Crippen LogP contribution in [0.15, 0.2) is 24.3 Å². The van der Waals surface area contributed by atoms with Crippen LogP contribution in [-0.4, -0.2) is 4.92 Å².